The highest BCUT2D eigenvalue weighted by Crippen LogP contribution is 2.20. The van der Waals surface area contributed by atoms with Gasteiger partial charge in [-0.3, -0.25) is 4.79 Å². The van der Waals surface area contributed by atoms with Gasteiger partial charge in [-0.05, 0) is 37.6 Å². The zero-order chi connectivity index (χ0) is 13.1. The second-order valence-electron chi connectivity index (χ2n) is 4.52. The van der Waals surface area contributed by atoms with Crippen molar-refractivity contribution in [2.75, 3.05) is 0 Å². The van der Waals surface area contributed by atoms with Gasteiger partial charge >= 0.3 is 0 Å². The molecule has 1 atom stereocenters. The van der Waals surface area contributed by atoms with Crippen LogP contribution in [0.4, 0.5) is 0 Å². The van der Waals surface area contributed by atoms with E-state index in [1.165, 1.54) is 0 Å². The van der Waals surface area contributed by atoms with Crippen LogP contribution in [0, 0.1) is 0 Å². The van der Waals surface area contributed by atoms with E-state index in [2.05, 4.69) is 34.2 Å². The van der Waals surface area contributed by atoms with Gasteiger partial charge in [0.15, 0.2) is 0 Å². The van der Waals surface area contributed by atoms with E-state index in [0.29, 0.717) is 6.54 Å². The van der Waals surface area contributed by atoms with Crippen LogP contribution in [0.5, 0.6) is 0 Å². The number of carbonyl (C=O) groups is 1. The third-order valence-corrected chi connectivity index (χ3v) is 3.56. The summed E-state index contributed by atoms with van der Waals surface area (Å²) in [4.78, 5) is 11.8. The van der Waals surface area contributed by atoms with E-state index in [9.17, 15) is 4.79 Å². The Morgan fingerprint density at radius 2 is 2.22 bits per heavy atom. The molecule has 0 bridgehead atoms. The Hall–Kier alpha value is -1.29. The standard InChI is InChI=1S/C14H17BrN2O/c1-3-10(2)16-14(18)9-17-7-6-11-8-12(15)4-5-13(11)17/h4-8,10H,3,9H2,1-2H3,(H,16,18). The number of benzene rings is 1. The first-order valence-electron chi connectivity index (χ1n) is 6.14. The van der Waals surface area contributed by atoms with Gasteiger partial charge in [0.25, 0.3) is 0 Å². The molecule has 0 aliphatic rings. The molecule has 0 fully saturated rings. The number of halogens is 1. The van der Waals surface area contributed by atoms with Crippen LogP contribution in [0.3, 0.4) is 0 Å². The molecule has 0 aliphatic heterocycles. The molecule has 1 unspecified atom stereocenters. The predicted octanol–water partition coefficient (Wildman–Crippen LogP) is 3.32. The molecule has 0 spiro atoms. The summed E-state index contributed by atoms with van der Waals surface area (Å²) >= 11 is 3.45. The highest BCUT2D eigenvalue weighted by atomic mass is 79.9. The van der Waals surface area contributed by atoms with Crippen molar-refractivity contribution in [2.24, 2.45) is 0 Å². The van der Waals surface area contributed by atoms with Gasteiger partial charge in [0.1, 0.15) is 6.54 Å². The number of fused-ring (bicyclic) bond motifs is 1. The lowest BCUT2D eigenvalue weighted by Crippen LogP contribution is -2.34. The molecule has 0 saturated heterocycles. The smallest absolute Gasteiger partial charge is 0.240 e. The van der Waals surface area contributed by atoms with Crippen LogP contribution in [0.15, 0.2) is 34.9 Å². The van der Waals surface area contributed by atoms with E-state index in [-0.39, 0.29) is 11.9 Å². The van der Waals surface area contributed by atoms with Crippen molar-refractivity contribution in [3.63, 3.8) is 0 Å². The number of aromatic nitrogens is 1. The molecule has 2 rings (SSSR count). The fourth-order valence-corrected chi connectivity index (χ4v) is 2.26. The topological polar surface area (TPSA) is 34.0 Å². The number of nitrogens with one attached hydrogen (secondary N) is 1. The van der Waals surface area contributed by atoms with Crippen molar-refractivity contribution in [1.29, 1.82) is 0 Å². The van der Waals surface area contributed by atoms with Crippen molar-refractivity contribution in [3.8, 4) is 0 Å². The molecule has 0 aliphatic carbocycles. The summed E-state index contributed by atoms with van der Waals surface area (Å²) in [7, 11) is 0. The van der Waals surface area contributed by atoms with Crippen LogP contribution >= 0.6 is 15.9 Å². The van der Waals surface area contributed by atoms with Crippen molar-refractivity contribution in [1.82, 2.24) is 9.88 Å². The van der Waals surface area contributed by atoms with Crippen molar-refractivity contribution >= 4 is 32.7 Å². The van der Waals surface area contributed by atoms with E-state index in [0.717, 1.165) is 21.8 Å². The van der Waals surface area contributed by atoms with E-state index in [1.807, 2.05) is 35.9 Å². The Morgan fingerprint density at radius 3 is 2.94 bits per heavy atom. The second-order valence-corrected chi connectivity index (χ2v) is 5.44. The number of nitrogens with zero attached hydrogens (tertiary/aromatic N) is 1. The molecule has 0 radical (unpaired) electrons. The van der Waals surface area contributed by atoms with Crippen LogP contribution in [0.25, 0.3) is 10.9 Å². The minimum atomic E-state index is 0.0600. The molecular weight excluding hydrogens is 292 g/mol. The van der Waals surface area contributed by atoms with Crippen LogP contribution in [0.2, 0.25) is 0 Å². The molecule has 1 aromatic heterocycles. The molecule has 96 valence electrons. The second kappa shape index (κ2) is 5.57. The first kappa shape index (κ1) is 13.1. The van der Waals surface area contributed by atoms with Crippen LogP contribution in [-0.4, -0.2) is 16.5 Å². The summed E-state index contributed by atoms with van der Waals surface area (Å²) in [6.45, 7) is 4.45. The third-order valence-electron chi connectivity index (χ3n) is 3.07. The largest absolute Gasteiger partial charge is 0.352 e. The molecule has 1 heterocycles. The van der Waals surface area contributed by atoms with Crippen LogP contribution in [0.1, 0.15) is 20.3 Å². The average molecular weight is 309 g/mol. The lowest BCUT2D eigenvalue weighted by Gasteiger charge is -2.12. The fourth-order valence-electron chi connectivity index (χ4n) is 1.89. The van der Waals surface area contributed by atoms with Gasteiger partial charge < -0.3 is 9.88 Å². The van der Waals surface area contributed by atoms with Gasteiger partial charge in [-0.1, -0.05) is 22.9 Å². The maximum Gasteiger partial charge on any atom is 0.240 e. The van der Waals surface area contributed by atoms with E-state index in [4.69, 9.17) is 0 Å². The van der Waals surface area contributed by atoms with E-state index < -0.39 is 0 Å². The van der Waals surface area contributed by atoms with Crippen molar-refractivity contribution in [2.45, 2.75) is 32.9 Å². The minimum Gasteiger partial charge on any atom is -0.352 e. The maximum absolute atomic E-state index is 11.8. The average Bonchev–Trinajstić information content (AvgIpc) is 2.71. The lowest BCUT2D eigenvalue weighted by atomic mass is 10.2. The zero-order valence-corrected chi connectivity index (χ0v) is 12.2. The van der Waals surface area contributed by atoms with Gasteiger partial charge in [-0.2, -0.15) is 0 Å². The molecule has 3 nitrogen and oxygen atoms in total. The highest BCUT2D eigenvalue weighted by molar-refractivity contribution is 9.10. The van der Waals surface area contributed by atoms with E-state index >= 15 is 0 Å². The van der Waals surface area contributed by atoms with Crippen LogP contribution in [-0.2, 0) is 11.3 Å². The summed E-state index contributed by atoms with van der Waals surface area (Å²) < 4.78 is 3.02. The van der Waals surface area contributed by atoms with Gasteiger partial charge in [-0.25, -0.2) is 0 Å². The Morgan fingerprint density at radius 1 is 1.44 bits per heavy atom. The normalized spacial score (nSPS) is 12.6. The van der Waals surface area contributed by atoms with Gasteiger partial charge in [0.05, 0.1) is 0 Å². The summed E-state index contributed by atoms with van der Waals surface area (Å²) in [6.07, 6.45) is 2.90. The Labute approximate surface area is 115 Å². The first-order valence-corrected chi connectivity index (χ1v) is 6.93. The molecule has 1 N–H and O–H groups in total. The SMILES string of the molecule is CCC(C)NC(=O)Cn1ccc2cc(Br)ccc21. The molecule has 4 heteroatoms. The predicted molar refractivity (Wildman–Crippen MR) is 77.5 cm³/mol. The lowest BCUT2D eigenvalue weighted by molar-refractivity contribution is -0.122. The molecular formula is C14H17BrN2O. The third kappa shape index (κ3) is 2.93. The zero-order valence-electron chi connectivity index (χ0n) is 10.6. The number of amides is 1. The van der Waals surface area contributed by atoms with Crippen molar-refractivity contribution in [3.05, 3.63) is 34.9 Å². The Bertz CT molecular complexity index is 562. The number of rotatable bonds is 4. The minimum absolute atomic E-state index is 0.0600. The molecule has 2 aromatic rings. The number of carbonyl (C=O) groups excluding carboxylic acids is 1. The first-order chi connectivity index (χ1) is 8.60. The fraction of sp³-hybridized carbons (Fsp3) is 0.357. The highest BCUT2D eigenvalue weighted by Gasteiger charge is 2.08. The Kier molecular flexibility index (Phi) is 4.07. The summed E-state index contributed by atoms with van der Waals surface area (Å²) in [5, 5.41) is 4.11. The monoisotopic (exact) mass is 308 g/mol. The van der Waals surface area contributed by atoms with E-state index in [1.54, 1.807) is 0 Å². The van der Waals surface area contributed by atoms with Crippen molar-refractivity contribution < 1.29 is 4.79 Å². The molecule has 1 aromatic carbocycles. The maximum atomic E-state index is 11.8. The summed E-state index contributed by atoms with van der Waals surface area (Å²) in [6, 6.07) is 8.32. The number of hydrogen-bond acceptors (Lipinski definition) is 1. The summed E-state index contributed by atoms with van der Waals surface area (Å²) in [5.74, 6) is 0.0600. The van der Waals surface area contributed by atoms with Crippen LogP contribution < -0.4 is 5.32 Å². The molecule has 18 heavy (non-hydrogen) atoms. The van der Waals surface area contributed by atoms with Gasteiger partial charge in [0.2, 0.25) is 5.91 Å². The van der Waals surface area contributed by atoms with Gasteiger partial charge in [0, 0.05) is 27.6 Å². The summed E-state index contributed by atoms with van der Waals surface area (Å²) in [5.41, 5.74) is 1.08. The van der Waals surface area contributed by atoms with Gasteiger partial charge in [-0.15, -0.1) is 0 Å². The molecule has 1 amide bonds. The Balaban J connectivity index is 2.15. The quantitative estimate of drug-likeness (QED) is 0.923. The molecule has 0 saturated carbocycles. The number of hydrogen-bond donors (Lipinski definition) is 1.